The lowest BCUT2D eigenvalue weighted by molar-refractivity contribution is 0.601. The number of hydrogen-bond donors (Lipinski definition) is 1. The van der Waals surface area contributed by atoms with Crippen LogP contribution in [-0.4, -0.2) is 14.7 Å². The van der Waals surface area contributed by atoms with Gasteiger partial charge in [-0.1, -0.05) is 18.2 Å². The van der Waals surface area contributed by atoms with E-state index in [9.17, 15) is 8.42 Å². The zero-order valence-electron chi connectivity index (χ0n) is 10.8. The van der Waals surface area contributed by atoms with Gasteiger partial charge in [-0.2, -0.15) is 0 Å². The average molecular weight is 293 g/mol. The summed E-state index contributed by atoms with van der Waals surface area (Å²) < 4.78 is 26.9. The quantitative estimate of drug-likeness (QED) is 0.877. The lowest BCUT2D eigenvalue weighted by Gasteiger charge is -2.10. The van der Waals surface area contributed by atoms with E-state index in [0.29, 0.717) is 5.69 Å². The summed E-state index contributed by atoms with van der Waals surface area (Å²) in [6.45, 7) is 1.96. The van der Waals surface area contributed by atoms with Gasteiger partial charge in [0, 0.05) is 10.6 Å². The maximum absolute atomic E-state index is 12.2. The second-order valence-corrected chi connectivity index (χ2v) is 6.63. The molecule has 0 heterocycles. The summed E-state index contributed by atoms with van der Waals surface area (Å²) >= 11 is 1.64. The fraction of sp³-hybridized carbons (Fsp3) is 0.143. The number of aryl methyl sites for hydroxylation is 1. The van der Waals surface area contributed by atoms with E-state index in [4.69, 9.17) is 0 Å². The van der Waals surface area contributed by atoms with Gasteiger partial charge in [0.05, 0.1) is 4.90 Å². The van der Waals surface area contributed by atoms with Gasteiger partial charge in [-0.3, -0.25) is 4.72 Å². The molecular weight excluding hydrogens is 278 g/mol. The van der Waals surface area contributed by atoms with Gasteiger partial charge in [-0.05, 0) is 49.1 Å². The predicted octanol–water partition coefficient (Wildman–Crippen LogP) is 3.52. The minimum atomic E-state index is -3.51. The first-order valence-corrected chi connectivity index (χ1v) is 8.46. The molecule has 0 aliphatic carbocycles. The van der Waals surface area contributed by atoms with Crippen molar-refractivity contribution in [1.82, 2.24) is 0 Å². The molecule has 0 bridgehead atoms. The van der Waals surface area contributed by atoms with E-state index in [1.54, 1.807) is 48.2 Å². The zero-order valence-corrected chi connectivity index (χ0v) is 12.4. The third-order valence-corrected chi connectivity index (χ3v) is 5.00. The number of benzene rings is 2. The topological polar surface area (TPSA) is 46.2 Å². The number of thioether (sulfide) groups is 1. The number of rotatable bonds is 4. The molecule has 0 aromatic heterocycles. The fourth-order valence-electron chi connectivity index (χ4n) is 1.76. The molecule has 19 heavy (non-hydrogen) atoms. The van der Waals surface area contributed by atoms with Crippen molar-refractivity contribution >= 4 is 27.5 Å². The molecule has 5 heteroatoms. The Morgan fingerprint density at radius 2 is 1.74 bits per heavy atom. The summed E-state index contributed by atoms with van der Waals surface area (Å²) in [6.07, 6.45) is 2.00. The molecule has 0 aliphatic heterocycles. The Hall–Kier alpha value is -1.46. The van der Waals surface area contributed by atoms with Crippen molar-refractivity contribution in [1.29, 1.82) is 0 Å². The Balaban J connectivity index is 2.29. The van der Waals surface area contributed by atoms with Gasteiger partial charge >= 0.3 is 0 Å². The van der Waals surface area contributed by atoms with E-state index in [1.165, 1.54) is 0 Å². The summed E-state index contributed by atoms with van der Waals surface area (Å²) in [5.41, 5.74) is 1.64. The molecule has 0 atom stereocenters. The zero-order chi connectivity index (χ0) is 13.9. The molecule has 2 aromatic rings. The molecule has 3 nitrogen and oxygen atoms in total. The molecule has 0 amide bonds. The Morgan fingerprint density at radius 3 is 2.32 bits per heavy atom. The fourth-order valence-corrected chi connectivity index (χ4v) is 3.41. The van der Waals surface area contributed by atoms with E-state index in [1.807, 2.05) is 25.3 Å². The van der Waals surface area contributed by atoms with Crippen LogP contribution in [-0.2, 0) is 10.0 Å². The van der Waals surface area contributed by atoms with Crippen LogP contribution in [0.5, 0.6) is 0 Å². The first-order valence-electron chi connectivity index (χ1n) is 5.75. The first-order chi connectivity index (χ1) is 9.03. The Labute approximate surface area is 118 Å². The highest BCUT2D eigenvalue weighted by atomic mass is 32.2. The first kappa shape index (κ1) is 14.0. The van der Waals surface area contributed by atoms with Crippen LogP contribution in [0.1, 0.15) is 5.56 Å². The van der Waals surface area contributed by atoms with E-state index >= 15 is 0 Å². The molecule has 0 spiro atoms. The van der Waals surface area contributed by atoms with Gasteiger partial charge < -0.3 is 0 Å². The lowest BCUT2D eigenvalue weighted by atomic mass is 10.2. The van der Waals surface area contributed by atoms with Gasteiger partial charge in [-0.25, -0.2) is 8.42 Å². The standard InChI is InChI=1S/C14H15NO2S2/c1-11-10-12(8-9-14(11)18-2)15-19(16,17)13-6-4-3-5-7-13/h3-10,15H,1-2H3. The van der Waals surface area contributed by atoms with Gasteiger partial charge in [-0.15, -0.1) is 11.8 Å². The SMILES string of the molecule is CSc1ccc(NS(=O)(=O)c2ccccc2)cc1C. The van der Waals surface area contributed by atoms with Crippen molar-refractivity contribution in [3.8, 4) is 0 Å². The van der Waals surface area contributed by atoms with Crippen LogP contribution in [0.25, 0.3) is 0 Å². The number of anilines is 1. The molecule has 2 aromatic carbocycles. The number of hydrogen-bond acceptors (Lipinski definition) is 3. The smallest absolute Gasteiger partial charge is 0.261 e. The summed E-state index contributed by atoms with van der Waals surface area (Å²) in [4.78, 5) is 1.41. The van der Waals surface area contributed by atoms with Crippen molar-refractivity contribution in [3.63, 3.8) is 0 Å². The Kier molecular flexibility index (Phi) is 4.17. The van der Waals surface area contributed by atoms with Crippen LogP contribution in [0.3, 0.4) is 0 Å². The highest BCUT2D eigenvalue weighted by Gasteiger charge is 2.13. The van der Waals surface area contributed by atoms with Gasteiger partial charge in [0.2, 0.25) is 0 Å². The largest absolute Gasteiger partial charge is 0.280 e. The average Bonchev–Trinajstić information content (AvgIpc) is 2.39. The molecule has 2 rings (SSSR count). The molecule has 100 valence electrons. The molecule has 0 radical (unpaired) electrons. The van der Waals surface area contributed by atoms with Gasteiger partial charge in [0.1, 0.15) is 0 Å². The minimum absolute atomic E-state index is 0.265. The van der Waals surface area contributed by atoms with E-state index < -0.39 is 10.0 Å². The second kappa shape index (κ2) is 5.67. The van der Waals surface area contributed by atoms with Crippen molar-refractivity contribution in [2.24, 2.45) is 0 Å². The van der Waals surface area contributed by atoms with Crippen molar-refractivity contribution in [2.75, 3.05) is 11.0 Å². The maximum atomic E-state index is 12.2. The molecule has 0 unspecified atom stereocenters. The lowest BCUT2D eigenvalue weighted by Crippen LogP contribution is -2.12. The normalized spacial score (nSPS) is 11.3. The summed E-state index contributed by atoms with van der Waals surface area (Å²) in [5, 5.41) is 0. The molecule has 0 saturated heterocycles. The third-order valence-electron chi connectivity index (χ3n) is 2.70. The van der Waals surface area contributed by atoms with Crippen LogP contribution >= 0.6 is 11.8 Å². The van der Waals surface area contributed by atoms with Gasteiger partial charge in [0.15, 0.2) is 0 Å². The van der Waals surface area contributed by atoms with Crippen molar-refractivity contribution < 1.29 is 8.42 Å². The molecule has 0 saturated carbocycles. The van der Waals surface area contributed by atoms with Crippen LogP contribution < -0.4 is 4.72 Å². The van der Waals surface area contributed by atoms with E-state index in [2.05, 4.69) is 4.72 Å². The second-order valence-electron chi connectivity index (χ2n) is 4.10. The minimum Gasteiger partial charge on any atom is -0.280 e. The Morgan fingerprint density at radius 1 is 1.05 bits per heavy atom. The number of nitrogens with one attached hydrogen (secondary N) is 1. The van der Waals surface area contributed by atoms with E-state index in [-0.39, 0.29) is 4.90 Å². The van der Waals surface area contributed by atoms with Crippen molar-refractivity contribution in [2.45, 2.75) is 16.7 Å². The summed E-state index contributed by atoms with van der Waals surface area (Å²) in [6, 6.07) is 13.9. The van der Waals surface area contributed by atoms with Crippen LogP contribution in [0.4, 0.5) is 5.69 Å². The van der Waals surface area contributed by atoms with Crippen LogP contribution in [0, 0.1) is 6.92 Å². The highest BCUT2D eigenvalue weighted by molar-refractivity contribution is 7.98. The summed E-state index contributed by atoms with van der Waals surface area (Å²) in [5.74, 6) is 0. The molecule has 0 fully saturated rings. The Bertz CT molecular complexity index is 667. The van der Waals surface area contributed by atoms with E-state index in [0.717, 1.165) is 10.5 Å². The van der Waals surface area contributed by atoms with Crippen LogP contribution in [0.15, 0.2) is 58.3 Å². The third kappa shape index (κ3) is 3.30. The molecule has 1 N–H and O–H groups in total. The maximum Gasteiger partial charge on any atom is 0.261 e. The molecule has 0 aliphatic rings. The van der Waals surface area contributed by atoms with Gasteiger partial charge in [0.25, 0.3) is 10.0 Å². The number of sulfonamides is 1. The summed E-state index contributed by atoms with van der Waals surface area (Å²) in [7, 11) is -3.51. The van der Waals surface area contributed by atoms with Crippen LogP contribution in [0.2, 0.25) is 0 Å². The molecular formula is C14H15NO2S2. The monoisotopic (exact) mass is 293 g/mol. The predicted molar refractivity (Wildman–Crippen MR) is 80.2 cm³/mol. The highest BCUT2D eigenvalue weighted by Crippen LogP contribution is 2.24. The van der Waals surface area contributed by atoms with Crippen molar-refractivity contribution in [3.05, 3.63) is 54.1 Å².